The molecule has 2 aromatic heterocycles. The van der Waals surface area contributed by atoms with Gasteiger partial charge in [0.15, 0.2) is 11.4 Å². The number of aryl methyl sites for hydroxylation is 2. The molecule has 32 heavy (non-hydrogen) atoms. The van der Waals surface area contributed by atoms with Crippen LogP contribution in [-0.2, 0) is 23.6 Å². The van der Waals surface area contributed by atoms with Crippen molar-refractivity contribution in [2.75, 3.05) is 22.3 Å². The fourth-order valence-corrected chi connectivity index (χ4v) is 5.46. The summed E-state index contributed by atoms with van der Waals surface area (Å²) in [6, 6.07) is 16.3. The van der Waals surface area contributed by atoms with Gasteiger partial charge in [-0.1, -0.05) is 29.8 Å². The van der Waals surface area contributed by atoms with Crippen LogP contribution in [-0.4, -0.2) is 31.1 Å². The summed E-state index contributed by atoms with van der Waals surface area (Å²) in [6.45, 7) is 3.46. The Morgan fingerprint density at radius 2 is 1.84 bits per heavy atom. The third-order valence-corrected chi connectivity index (χ3v) is 7.56. The van der Waals surface area contributed by atoms with Crippen molar-refractivity contribution in [1.29, 1.82) is 0 Å². The van der Waals surface area contributed by atoms with Crippen molar-refractivity contribution in [2.24, 2.45) is 7.05 Å². The fraction of sp³-hybridized carbons (Fsp3) is 0.217. The molecule has 0 amide bonds. The zero-order valence-corrected chi connectivity index (χ0v) is 18.5. The number of nitrogens with zero attached hydrogens (tertiary/aromatic N) is 4. The van der Waals surface area contributed by atoms with Gasteiger partial charge in [0.1, 0.15) is 0 Å². The van der Waals surface area contributed by atoms with Gasteiger partial charge in [0.2, 0.25) is 0 Å². The molecule has 0 spiro atoms. The predicted octanol–water partition coefficient (Wildman–Crippen LogP) is 3.05. The van der Waals surface area contributed by atoms with Crippen molar-refractivity contribution in [3.63, 3.8) is 0 Å². The molecule has 0 bridgehead atoms. The third-order valence-electron chi connectivity index (χ3n) is 5.75. The van der Waals surface area contributed by atoms with Gasteiger partial charge in [0.05, 0.1) is 22.6 Å². The molecule has 4 aromatic rings. The maximum Gasteiger partial charge on any atom is 0.419 e. The maximum atomic E-state index is 13.5. The van der Waals surface area contributed by atoms with Crippen LogP contribution in [0, 0.1) is 6.92 Å². The summed E-state index contributed by atoms with van der Waals surface area (Å²) < 4.78 is 35.0. The summed E-state index contributed by atoms with van der Waals surface area (Å²) in [6.07, 6.45) is 1.67. The third kappa shape index (κ3) is 3.34. The number of benzene rings is 2. The van der Waals surface area contributed by atoms with Crippen LogP contribution in [0.25, 0.3) is 11.1 Å². The Hall–Kier alpha value is -3.59. The molecule has 164 valence electrons. The summed E-state index contributed by atoms with van der Waals surface area (Å²) in [4.78, 5) is 18.4. The van der Waals surface area contributed by atoms with Crippen molar-refractivity contribution in [2.45, 2.75) is 18.4 Å². The lowest BCUT2D eigenvalue weighted by molar-refractivity contribution is 0.527. The zero-order valence-electron chi connectivity index (χ0n) is 17.7. The standard InChI is InChI=1S/C23H22N4O4S/c1-16-5-7-17(8-6-16)15-26-12-13-27(20-4-3-11-24-22(20)26)32(29,30)18-9-10-19-21(14-18)31-23(28)25(19)2/h3-11,14H,12-13,15H2,1-2H3. The molecule has 0 aliphatic carbocycles. The highest BCUT2D eigenvalue weighted by molar-refractivity contribution is 7.92. The SMILES string of the molecule is Cc1ccc(CN2CCN(S(=O)(=O)c3ccc4c(c3)oc(=O)n4C)c3cccnc32)cc1. The molecule has 5 rings (SSSR count). The molecule has 0 radical (unpaired) electrons. The van der Waals surface area contributed by atoms with Gasteiger partial charge in [0.25, 0.3) is 10.0 Å². The number of hydrogen-bond acceptors (Lipinski definition) is 6. The van der Waals surface area contributed by atoms with Gasteiger partial charge < -0.3 is 9.32 Å². The van der Waals surface area contributed by atoms with Crippen molar-refractivity contribution in [1.82, 2.24) is 9.55 Å². The Kier molecular flexibility index (Phi) is 4.78. The molecule has 0 atom stereocenters. The van der Waals surface area contributed by atoms with Crippen LogP contribution in [0.5, 0.6) is 0 Å². The van der Waals surface area contributed by atoms with E-state index in [0.717, 1.165) is 5.56 Å². The fourth-order valence-electron chi connectivity index (χ4n) is 3.98. The highest BCUT2D eigenvalue weighted by atomic mass is 32.2. The predicted molar refractivity (Wildman–Crippen MR) is 122 cm³/mol. The summed E-state index contributed by atoms with van der Waals surface area (Å²) >= 11 is 0. The molecular weight excluding hydrogens is 428 g/mol. The number of fused-ring (bicyclic) bond motifs is 2. The minimum Gasteiger partial charge on any atom is -0.408 e. The van der Waals surface area contributed by atoms with Crippen molar-refractivity contribution >= 4 is 32.6 Å². The first-order valence-corrected chi connectivity index (χ1v) is 11.7. The van der Waals surface area contributed by atoms with Gasteiger partial charge in [-0.25, -0.2) is 18.2 Å². The molecule has 3 heterocycles. The van der Waals surface area contributed by atoms with Crippen LogP contribution < -0.4 is 15.0 Å². The molecule has 8 nitrogen and oxygen atoms in total. The molecule has 0 saturated heterocycles. The van der Waals surface area contributed by atoms with Gasteiger partial charge in [0, 0.05) is 32.4 Å². The highest BCUT2D eigenvalue weighted by Crippen LogP contribution is 2.35. The van der Waals surface area contributed by atoms with Crippen molar-refractivity contribution in [3.05, 3.63) is 82.5 Å². The smallest absolute Gasteiger partial charge is 0.408 e. The first-order valence-electron chi connectivity index (χ1n) is 10.2. The van der Waals surface area contributed by atoms with E-state index in [9.17, 15) is 13.2 Å². The average molecular weight is 451 g/mol. The van der Waals surface area contributed by atoms with E-state index >= 15 is 0 Å². The van der Waals surface area contributed by atoms with E-state index in [1.54, 1.807) is 31.4 Å². The van der Waals surface area contributed by atoms with Crippen LogP contribution in [0.15, 0.2) is 74.9 Å². The van der Waals surface area contributed by atoms with Crippen LogP contribution in [0.4, 0.5) is 11.5 Å². The summed E-state index contributed by atoms with van der Waals surface area (Å²) in [5.74, 6) is 0.0871. The minimum atomic E-state index is -3.88. The van der Waals surface area contributed by atoms with E-state index in [1.165, 1.54) is 26.6 Å². The summed E-state index contributed by atoms with van der Waals surface area (Å²) in [5.41, 5.74) is 3.63. The lowest BCUT2D eigenvalue weighted by Gasteiger charge is -2.37. The van der Waals surface area contributed by atoms with Crippen LogP contribution in [0.3, 0.4) is 0 Å². The quantitative estimate of drug-likeness (QED) is 0.475. The van der Waals surface area contributed by atoms with Gasteiger partial charge in [-0.3, -0.25) is 8.87 Å². The molecule has 1 aliphatic rings. The lowest BCUT2D eigenvalue weighted by atomic mass is 10.1. The zero-order chi connectivity index (χ0) is 22.5. The molecule has 0 N–H and O–H groups in total. The number of hydrogen-bond donors (Lipinski definition) is 0. The normalized spacial score (nSPS) is 14.1. The molecule has 9 heteroatoms. The van der Waals surface area contributed by atoms with E-state index < -0.39 is 15.8 Å². The Balaban J connectivity index is 1.51. The molecule has 0 unspecified atom stereocenters. The second-order valence-electron chi connectivity index (χ2n) is 7.89. The van der Waals surface area contributed by atoms with E-state index in [1.807, 2.05) is 6.92 Å². The summed E-state index contributed by atoms with van der Waals surface area (Å²) in [7, 11) is -2.30. The van der Waals surface area contributed by atoms with Gasteiger partial charge in [-0.15, -0.1) is 0 Å². The second-order valence-corrected chi connectivity index (χ2v) is 9.75. The van der Waals surface area contributed by atoms with Crippen molar-refractivity contribution in [3.8, 4) is 0 Å². The van der Waals surface area contributed by atoms with Crippen LogP contribution in [0.2, 0.25) is 0 Å². The first-order chi connectivity index (χ1) is 15.3. The molecule has 0 fully saturated rings. The van der Waals surface area contributed by atoms with Crippen LogP contribution >= 0.6 is 0 Å². The number of anilines is 2. The molecule has 2 aromatic carbocycles. The Labute approximate surface area is 185 Å². The number of pyridine rings is 1. The molecular formula is C23H22N4O4S. The van der Waals surface area contributed by atoms with E-state index in [-0.39, 0.29) is 17.0 Å². The topological polar surface area (TPSA) is 88.7 Å². The van der Waals surface area contributed by atoms with Gasteiger partial charge >= 0.3 is 5.76 Å². The second kappa shape index (κ2) is 7.52. The summed E-state index contributed by atoms with van der Waals surface area (Å²) in [5, 5.41) is 0. The number of aromatic nitrogens is 2. The number of sulfonamides is 1. The maximum absolute atomic E-state index is 13.5. The lowest BCUT2D eigenvalue weighted by Crippen LogP contribution is -2.44. The van der Waals surface area contributed by atoms with E-state index in [2.05, 4.69) is 34.1 Å². The monoisotopic (exact) mass is 450 g/mol. The minimum absolute atomic E-state index is 0.0705. The molecule has 1 aliphatic heterocycles. The van der Waals surface area contributed by atoms with Crippen molar-refractivity contribution < 1.29 is 12.8 Å². The van der Waals surface area contributed by atoms with E-state index in [0.29, 0.717) is 30.1 Å². The number of oxazole rings is 1. The van der Waals surface area contributed by atoms with Crippen LogP contribution in [0.1, 0.15) is 11.1 Å². The molecule has 0 saturated carbocycles. The van der Waals surface area contributed by atoms with Gasteiger partial charge in [-0.2, -0.15) is 0 Å². The average Bonchev–Trinajstić information content (AvgIpc) is 3.08. The highest BCUT2D eigenvalue weighted by Gasteiger charge is 2.33. The Bertz CT molecular complexity index is 1470. The van der Waals surface area contributed by atoms with E-state index in [4.69, 9.17) is 4.42 Å². The Morgan fingerprint density at radius 3 is 2.62 bits per heavy atom. The first kappa shape index (κ1) is 20.3. The van der Waals surface area contributed by atoms with Gasteiger partial charge in [-0.05, 0) is 36.8 Å². The number of rotatable bonds is 4. The largest absolute Gasteiger partial charge is 0.419 e. The Morgan fingerprint density at radius 1 is 1.06 bits per heavy atom.